The SMILES string of the molecule is N#Cc1cccc2c1NC(=O)CN2CC(F)(F)F. The molecule has 1 aliphatic rings. The molecule has 0 atom stereocenters. The van der Waals surface area contributed by atoms with E-state index in [0.29, 0.717) is 0 Å². The standard InChI is InChI=1S/C11H8F3N3O/c12-11(13,14)6-17-5-9(18)16-10-7(4-15)2-1-3-8(10)17/h1-3H,5-6H2,(H,16,18). The third-order valence-corrected chi connectivity index (χ3v) is 2.47. The molecular weight excluding hydrogens is 247 g/mol. The van der Waals surface area contributed by atoms with Crippen LogP contribution in [0.5, 0.6) is 0 Å². The number of para-hydroxylation sites is 1. The molecule has 0 aliphatic carbocycles. The van der Waals surface area contributed by atoms with E-state index in [2.05, 4.69) is 5.32 Å². The van der Waals surface area contributed by atoms with Crippen LogP contribution in [0.3, 0.4) is 0 Å². The van der Waals surface area contributed by atoms with Gasteiger partial charge in [0.25, 0.3) is 0 Å². The van der Waals surface area contributed by atoms with Crippen molar-refractivity contribution in [3.63, 3.8) is 0 Å². The number of nitriles is 1. The largest absolute Gasteiger partial charge is 0.405 e. The van der Waals surface area contributed by atoms with Gasteiger partial charge in [-0.05, 0) is 12.1 Å². The van der Waals surface area contributed by atoms with Gasteiger partial charge in [0, 0.05) is 0 Å². The first-order chi connectivity index (χ1) is 8.40. The summed E-state index contributed by atoms with van der Waals surface area (Å²) in [7, 11) is 0. The Morgan fingerprint density at radius 1 is 1.44 bits per heavy atom. The van der Waals surface area contributed by atoms with Crippen molar-refractivity contribution in [2.45, 2.75) is 6.18 Å². The van der Waals surface area contributed by atoms with E-state index < -0.39 is 18.6 Å². The van der Waals surface area contributed by atoms with Crippen LogP contribution in [0.1, 0.15) is 5.56 Å². The lowest BCUT2D eigenvalue weighted by Gasteiger charge is -2.31. The average Bonchev–Trinajstić information content (AvgIpc) is 2.26. The third kappa shape index (κ3) is 2.37. The van der Waals surface area contributed by atoms with Gasteiger partial charge in [0.05, 0.1) is 23.5 Å². The Balaban J connectivity index is 2.44. The van der Waals surface area contributed by atoms with Gasteiger partial charge in [-0.15, -0.1) is 0 Å². The number of halogens is 3. The first-order valence-electron chi connectivity index (χ1n) is 5.05. The van der Waals surface area contributed by atoms with E-state index in [1.54, 1.807) is 0 Å². The Bertz CT molecular complexity index is 533. The van der Waals surface area contributed by atoms with E-state index in [9.17, 15) is 18.0 Å². The number of nitrogens with zero attached hydrogens (tertiary/aromatic N) is 2. The van der Waals surface area contributed by atoms with Crippen LogP contribution in [0.2, 0.25) is 0 Å². The summed E-state index contributed by atoms with van der Waals surface area (Å²) in [5.41, 5.74) is 0.499. The number of carbonyl (C=O) groups is 1. The monoisotopic (exact) mass is 255 g/mol. The normalized spacial score (nSPS) is 14.8. The lowest BCUT2D eigenvalue weighted by atomic mass is 10.1. The summed E-state index contributed by atoms with van der Waals surface area (Å²) < 4.78 is 37.2. The minimum atomic E-state index is -4.41. The number of anilines is 2. The maximum atomic E-state index is 12.4. The quantitative estimate of drug-likeness (QED) is 0.833. The molecule has 0 bridgehead atoms. The molecule has 1 heterocycles. The molecule has 0 radical (unpaired) electrons. The van der Waals surface area contributed by atoms with E-state index in [4.69, 9.17) is 5.26 Å². The average molecular weight is 255 g/mol. The van der Waals surface area contributed by atoms with Gasteiger partial charge < -0.3 is 10.2 Å². The van der Waals surface area contributed by atoms with Crippen LogP contribution in [0.15, 0.2) is 18.2 Å². The molecule has 4 nitrogen and oxygen atoms in total. The summed E-state index contributed by atoms with van der Waals surface area (Å²) in [6, 6.07) is 6.21. The van der Waals surface area contributed by atoms with Crippen LogP contribution in [-0.4, -0.2) is 25.2 Å². The van der Waals surface area contributed by atoms with Gasteiger partial charge in [-0.3, -0.25) is 4.79 Å². The minimum Gasteiger partial charge on any atom is -0.351 e. The fourth-order valence-corrected chi connectivity index (χ4v) is 1.82. The Labute approximate surface area is 101 Å². The molecule has 2 rings (SSSR count). The van der Waals surface area contributed by atoms with Crippen molar-refractivity contribution >= 4 is 17.3 Å². The van der Waals surface area contributed by atoms with E-state index in [1.165, 1.54) is 18.2 Å². The summed E-state index contributed by atoms with van der Waals surface area (Å²) in [5, 5.41) is 11.3. The highest BCUT2D eigenvalue weighted by molar-refractivity contribution is 6.02. The molecule has 7 heteroatoms. The smallest absolute Gasteiger partial charge is 0.351 e. The molecule has 0 aromatic heterocycles. The molecule has 1 aliphatic heterocycles. The van der Waals surface area contributed by atoms with Crippen molar-refractivity contribution in [1.82, 2.24) is 0 Å². The van der Waals surface area contributed by atoms with E-state index >= 15 is 0 Å². The molecule has 1 aromatic rings. The summed E-state index contributed by atoms with van der Waals surface area (Å²) in [5.74, 6) is -0.561. The van der Waals surface area contributed by atoms with Gasteiger partial charge in [-0.25, -0.2) is 0 Å². The number of rotatable bonds is 1. The number of benzene rings is 1. The minimum absolute atomic E-state index is 0.139. The molecule has 0 unspecified atom stereocenters. The Morgan fingerprint density at radius 3 is 2.78 bits per heavy atom. The molecular formula is C11H8F3N3O. The number of amides is 1. The van der Waals surface area contributed by atoms with E-state index in [0.717, 1.165) is 4.90 Å². The fraction of sp³-hybridized carbons (Fsp3) is 0.273. The van der Waals surface area contributed by atoms with Crippen LogP contribution < -0.4 is 10.2 Å². The zero-order chi connectivity index (χ0) is 13.3. The summed E-state index contributed by atoms with van der Waals surface area (Å²) in [4.78, 5) is 12.3. The molecule has 0 spiro atoms. The van der Waals surface area contributed by atoms with Crippen LogP contribution in [0, 0.1) is 11.3 Å². The van der Waals surface area contributed by atoms with Gasteiger partial charge in [0.1, 0.15) is 12.6 Å². The topological polar surface area (TPSA) is 56.1 Å². The molecule has 1 N–H and O–H groups in total. The van der Waals surface area contributed by atoms with Gasteiger partial charge in [0.15, 0.2) is 0 Å². The number of alkyl halides is 3. The summed E-state index contributed by atoms with van der Waals surface area (Å²) >= 11 is 0. The van der Waals surface area contributed by atoms with Crippen molar-refractivity contribution in [3.8, 4) is 6.07 Å². The van der Waals surface area contributed by atoms with Gasteiger partial charge >= 0.3 is 6.18 Å². The molecule has 0 fully saturated rings. The Kier molecular flexibility index (Phi) is 2.87. The third-order valence-electron chi connectivity index (χ3n) is 2.47. The number of hydrogen-bond acceptors (Lipinski definition) is 3. The predicted molar refractivity (Wildman–Crippen MR) is 58.1 cm³/mol. The summed E-state index contributed by atoms with van der Waals surface area (Å²) in [6.07, 6.45) is -4.41. The molecule has 18 heavy (non-hydrogen) atoms. The second-order valence-corrected chi connectivity index (χ2v) is 3.83. The lowest BCUT2D eigenvalue weighted by Crippen LogP contribution is -2.43. The Hall–Kier alpha value is -2.23. The fourth-order valence-electron chi connectivity index (χ4n) is 1.82. The molecule has 0 saturated carbocycles. The van der Waals surface area contributed by atoms with Crippen molar-refractivity contribution in [2.75, 3.05) is 23.3 Å². The highest BCUT2D eigenvalue weighted by Crippen LogP contribution is 2.34. The zero-order valence-corrected chi connectivity index (χ0v) is 9.08. The second-order valence-electron chi connectivity index (χ2n) is 3.83. The van der Waals surface area contributed by atoms with Gasteiger partial charge in [-0.1, -0.05) is 6.07 Å². The van der Waals surface area contributed by atoms with Gasteiger partial charge in [-0.2, -0.15) is 18.4 Å². The zero-order valence-electron chi connectivity index (χ0n) is 9.08. The van der Waals surface area contributed by atoms with Crippen molar-refractivity contribution in [3.05, 3.63) is 23.8 Å². The number of carbonyl (C=O) groups excluding carboxylic acids is 1. The van der Waals surface area contributed by atoms with Crippen LogP contribution in [0.4, 0.5) is 24.5 Å². The molecule has 0 saturated heterocycles. The van der Waals surface area contributed by atoms with Crippen molar-refractivity contribution in [1.29, 1.82) is 5.26 Å². The highest BCUT2D eigenvalue weighted by atomic mass is 19.4. The Morgan fingerprint density at radius 2 is 2.17 bits per heavy atom. The molecule has 94 valence electrons. The maximum absolute atomic E-state index is 12.4. The molecule has 1 aromatic carbocycles. The van der Waals surface area contributed by atoms with Crippen LogP contribution >= 0.6 is 0 Å². The summed E-state index contributed by atoms with van der Waals surface area (Å²) in [6.45, 7) is -1.59. The predicted octanol–water partition coefficient (Wildman–Crippen LogP) is 1.88. The maximum Gasteiger partial charge on any atom is 0.405 e. The number of hydrogen-bond donors (Lipinski definition) is 1. The first kappa shape index (κ1) is 12.2. The highest BCUT2D eigenvalue weighted by Gasteiger charge is 2.34. The molecule has 1 amide bonds. The van der Waals surface area contributed by atoms with Crippen molar-refractivity contribution < 1.29 is 18.0 Å². The van der Waals surface area contributed by atoms with Crippen LogP contribution in [0.25, 0.3) is 0 Å². The lowest BCUT2D eigenvalue weighted by molar-refractivity contribution is -0.122. The number of nitrogens with one attached hydrogen (secondary N) is 1. The van der Waals surface area contributed by atoms with Gasteiger partial charge in [0.2, 0.25) is 5.91 Å². The second kappa shape index (κ2) is 4.22. The number of fused-ring (bicyclic) bond motifs is 1. The van der Waals surface area contributed by atoms with Crippen molar-refractivity contribution in [2.24, 2.45) is 0 Å². The van der Waals surface area contributed by atoms with E-state index in [1.807, 2.05) is 6.07 Å². The first-order valence-corrected chi connectivity index (χ1v) is 5.05. The van der Waals surface area contributed by atoms with E-state index in [-0.39, 0.29) is 23.5 Å². The van der Waals surface area contributed by atoms with Crippen LogP contribution in [-0.2, 0) is 4.79 Å².